The molecule has 1 aromatic heterocycles. The second-order valence-corrected chi connectivity index (χ2v) is 8.21. The molecule has 2 aromatic rings. The van der Waals surface area contributed by atoms with Crippen molar-refractivity contribution in [1.82, 2.24) is 9.88 Å². The number of anilines is 1. The van der Waals surface area contributed by atoms with Crippen LogP contribution in [-0.2, 0) is 4.79 Å². The van der Waals surface area contributed by atoms with Crippen LogP contribution in [0.25, 0.3) is 0 Å². The van der Waals surface area contributed by atoms with Gasteiger partial charge in [0.1, 0.15) is 5.03 Å². The molecule has 0 spiro atoms. The van der Waals surface area contributed by atoms with E-state index in [0.29, 0.717) is 26.3 Å². The summed E-state index contributed by atoms with van der Waals surface area (Å²) >= 11 is 13.6. The van der Waals surface area contributed by atoms with Crippen molar-refractivity contribution in [2.24, 2.45) is 0 Å². The van der Waals surface area contributed by atoms with E-state index < -0.39 is 5.91 Å². The lowest BCUT2D eigenvalue weighted by atomic mass is 10.2. The van der Waals surface area contributed by atoms with Gasteiger partial charge in [-0.1, -0.05) is 43.1 Å². The fraction of sp³-hybridized carbons (Fsp3) is 0.278. The first-order valence-corrected chi connectivity index (χ1v) is 9.54. The maximum absolute atomic E-state index is 12.7. The number of rotatable bonds is 6. The van der Waals surface area contributed by atoms with Gasteiger partial charge in [0, 0.05) is 18.5 Å². The van der Waals surface area contributed by atoms with Gasteiger partial charge in [-0.3, -0.25) is 9.59 Å². The number of nitrogens with zero attached hydrogens (tertiary/aromatic N) is 2. The molecule has 1 N–H and O–H groups in total. The summed E-state index contributed by atoms with van der Waals surface area (Å²) in [4.78, 5) is 30.6. The molecule has 1 heterocycles. The smallest absolute Gasteiger partial charge is 0.256 e. The highest BCUT2D eigenvalue weighted by atomic mass is 35.5. The molecule has 0 fully saturated rings. The van der Waals surface area contributed by atoms with Gasteiger partial charge >= 0.3 is 0 Å². The molecular weight excluding hydrogens is 393 g/mol. The summed E-state index contributed by atoms with van der Waals surface area (Å²) in [6.07, 6.45) is 1.65. The summed E-state index contributed by atoms with van der Waals surface area (Å²) in [5, 5.41) is 4.25. The Hall–Kier alpha value is -1.76. The number of carbonyl (C=O) groups is 2. The van der Waals surface area contributed by atoms with Gasteiger partial charge in [-0.15, -0.1) is 11.8 Å². The van der Waals surface area contributed by atoms with Gasteiger partial charge in [0.2, 0.25) is 5.91 Å². The van der Waals surface area contributed by atoms with Crippen molar-refractivity contribution < 1.29 is 9.59 Å². The molecule has 0 aliphatic rings. The minimum atomic E-state index is -0.391. The number of amides is 2. The van der Waals surface area contributed by atoms with Crippen LogP contribution in [0.4, 0.5) is 5.69 Å². The van der Waals surface area contributed by atoms with Crippen molar-refractivity contribution in [3.8, 4) is 0 Å². The Morgan fingerprint density at radius 1 is 1.19 bits per heavy atom. The minimum absolute atomic E-state index is 0.138. The lowest BCUT2D eigenvalue weighted by molar-refractivity contribution is -0.116. The number of benzene rings is 1. The number of nitrogens with one attached hydrogen (secondary N) is 1. The Labute approximate surface area is 167 Å². The molecule has 0 saturated heterocycles. The van der Waals surface area contributed by atoms with E-state index >= 15 is 0 Å². The molecule has 0 unspecified atom stereocenters. The maximum atomic E-state index is 12.7. The third kappa shape index (κ3) is 5.37. The Bertz CT molecular complexity index is 795. The van der Waals surface area contributed by atoms with E-state index in [1.807, 2.05) is 13.8 Å². The predicted octanol–water partition coefficient (Wildman–Crippen LogP) is 4.60. The zero-order valence-electron chi connectivity index (χ0n) is 14.6. The molecule has 2 rings (SSSR count). The maximum Gasteiger partial charge on any atom is 0.256 e. The standard InChI is InChI=1S/C18H19Cl2N3O2S/c1-11(2)26-17-12(6-5-9-21-17)18(25)23(3)10-15(24)22-16-13(19)7-4-8-14(16)20/h4-9,11H,10H2,1-3H3,(H,22,24). The molecule has 0 saturated carbocycles. The predicted molar refractivity (Wildman–Crippen MR) is 107 cm³/mol. The first-order valence-electron chi connectivity index (χ1n) is 7.90. The summed E-state index contributed by atoms with van der Waals surface area (Å²) in [6, 6.07) is 8.35. The Kier molecular flexibility index (Phi) is 7.32. The lowest BCUT2D eigenvalue weighted by Gasteiger charge is -2.19. The third-order valence-electron chi connectivity index (χ3n) is 3.30. The number of hydrogen-bond acceptors (Lipinski definition) is 4. The summed E-state index contributed by atoms with van der Waals surface area (Å²) in [5.74, 6) is -0.667. The topological polar surface area (TPSA) is 62.3 Å². The van der Waals surface area contributed by atoms with Crippen LogP contribution in [0.2, 0.25) is 10.0 Å². The van der Waals surface area contributed by atoms with Gasteiger partial charge in [-0.05, 0) is 24.3 Å². The molecule has 0 aliphatic carbocycles. The van der Waals surface area contributed by atoms with E-state index in [1.165, 1.54) is 16.7 Å². The van der Waals surface area contributed by atoms with Crippen LogP contribution in [0.3, 0.4) is 0 Å². The fourth-order valence-corrected chi connectivity index (χ4v) is 3.50. The number of carbonyl (C=O) groups excluding carboxylic acids is 2. The fourth-order valence-electron chi connectivity index (χ4n) is 2.16. The number of para-hydroxylation sites is 1. The Balaban J connectivity index is 2.09. The second kappa shape index (κ2) is 9.26. The highest BCUT2D eigenvalue weighted by Crippen LogP contribution is 2.30. The van der Waals surface area contributed by atoms with Crippen molar-refractivity contribution in [2.45, 2.75) is 24.1 Å². The van der Waals surface area contributed by atoms with E-state index in [1.54, 1.807) is 43.6 Å². The van der Waals surface area contributed by atoms with Gasteiger partial charge in [0.25, 0.3) is 5.91 Å². The van der Waals surface area contributed by atoms with Crippen molar-refractivity contribution in [2.75, 3.05) is 18.9 Å². The van der Waals surface area contributed by atoms with E-state index in [2.05, 4.69) is 10.3 Å². The largest absolute Gasteiger partial charge is 0.332 e. The molecule has 0 atom stereocenters. The molecule has 138 valence electrons. The molecular formula is C18H19Cl2N3O2S. The SMILES string of the molecule is CC(C)Sc1ncccc1C(=O)N(C)CC(=O)Nc1c(Cl)cccc1Cl. The van der Waals surface area contributed by atoms with Crippen molar-refractivity contribution in [3.63, 3.8) is 0 Å². The monoisotopic (exact) mass is 411 g/mol. The third-order valence-corrected chi connectivity index (χ3v) is 4.95. The molecule has 1 aromatic carbocycles. The summed E-state index contributed by atoms with van der Waals surface area (Å²) in [7, 11) is 1.56. The minimum Gasteiger partial charge on any atom is -0.332 e. The Morgan fingerprint density at radius 2 is 1.85 bits per heavy atom. The van der Waals surface area contributed by atoms with Crippen molar-refractivity contribution in [1.29, 1.82) is 0 Å². The van der Waals surface area contributed by atoms with Gasteiger partial charge in [0.05, 0.1) is 27.8 Å². The van der Waals surface area contributed by atoms with E-state index in [0.717, 1.165) is 0 Å². The van der Waals surface area contributed by atoms with Crippen molar-refractivity contribution >= 4 is 52.5 Å². The van der Waals surface area contributed by atoms with Crippen LogP contribution in [0.5, 0.6) is 0 Å². The molecule has 26 heavy (non-hydrogen) atoms. The molecule has 0 aliphatic heterocycles. The van der Waals surface area contributed by atoms with Gasteiger partial charge < -0.3 is 10.2 Å². The number of likely N-dealkylation sites (N-methyl/N-ethyl adjacent to an activating group) is 1. The summed E-state index contributed by atoms with van der Waals surface area (Å²) in [5.41, 5.74) is 0.802. The van der Waals surface area contributed by atoms with Gasteiger partial charge in [-0.25, -0.2) is 4.98 Å². The van der Waals surface area contributed by atoms with E-state index in [4.69, 9.17) is 23.2 Å². The first-order chi connectivity index (χ1) is 12.3. The quantitative estimate of drug-likeness (QED) is 0.705. The first kappa shape index (κ1) is 20.6. The van der Waals surface area contributed by atoms with Gasteiger partial charge in [0.15, 0.2) is 0 Å². The van der Waals surface area contributed by atoms with Crippen molar-refractivity contribution in [3.05, 3.63) is 52.1 Å². The van der Waals surface area contributed by atoms with Crippen LogP contribution in [0.1, 0.15) is 24.2 Å². The van der Waals surface area contributed by atoms with E-state index in [-0.39, 0.29) is 17.7 Å². The molecule has 2 amide bonds. The van der Waals surface area contributed by atoms with Crippen LogP contribution >= 0.6 is 35.0 Å². The average Bonchev–Trinajstić information content (AvgIpc) is 2.57. The van der Waals surface area contributed by atoms with Crippen LogP contribution in [-0.4, -0.2) is 40.5 Å². The summed E-state index contributed by atoms with van der Waals surface area (Å²) < 4.78 is 0. The summed E-state index contributed by atoms with van der Waals surface area (Å²) in [6.45, 7) is 3.91. The number of pyridine rings is 1. The number of halogens is 2. The second-order valence-electron chi connectivity index (χ2n) is 5.83. The zero-order valence-corrected chi connectivity index (χ0v) is 17.0. The van der Waals surface area contributed by atoms with Crippen LogP contribution < -0.4 is 5.32 Å². The number of hydrogen-bond donors (Lipinski definition) is 1. The highest BCUT2D eigenvalue weighted by molar-refractivity contribution is 7.99. The number of thioether (sulfide) groups is 1. The highest BCUT2D eigenvalue weighted by Gasteiger charge is 2.20. The lowest BCUT2D eigenvalue weighted by Crippen LogP contribution is -2.35. The molecule has 0 bridgehead atoms. The van der Waals surface area contributed by atoms with E-state index in [9.17, 15) is 9.59 Å². The zero-order chi connectivity index (χ0) is 19.3. The normalized spacial score (nSPS) is 10.7. The average molecular weight is 412 g/mol. The van der Waals surface area contributed by atoms with Crippen LogP contribution in [0.15, 0.2) is 41.6 Å². The van der Waals surface area contributed by atoms with Gasteiger partial charge in [-0.2, -0.15) is 0 Å². The van der Waals surface area contributed by atoms with Crippen LogP contribution in [0, 0.1) is 0 Å². The molecule has 8 heteroatoms. The molecule has 0 radical (unpaired) electrons. The number of aromatic nitrogens is 1. The Morgan fingerprint density at radius 3 is 2.46 bits per heavy atom. The molecule has 5 nitrogen and oxygen atoms in total.